The number of aliphatic hydroxyl groups is 3. The van der Waals surface area contributed by atoms with Crippen LogP contribution < -0.4 is 9.46 Å². The fraction of sp³-hybridized carbons (Fsp3) is 0.455. The first-order chi connectivity index (χ1) is 9.34. The Balaban J connectivity index is 3.14. The highest BCUT2D eigenvalue weighted by Crippen LogP contribution is 2.27. The fourth-order valence-electron chi connectivity index (χ4n) is 1.41. The Morgan fingerprint density at radius 2 is 1.80 bits per heavy atom. The average Bonchev–Trinajstić information content (AvgIpc) is 2.44. The van der Waals surface area contributed by atoms with Crippen LogP contribution in [0.2, 0.25) is 5.02 Å². The van der Waals surface area contributed by atoms with E-state index in [1.165, 1.54) is 25.3 Å². The number of ether oxygens (including phenoxy) is 1. The molecule has 0 radical (unpaired) electrons. The monoisotopic (exact) mass is 325 g/mol. The molecule has 0 spiro atoms. The average molecular weight is 326 g/mol. The van der Waals surface area contributed by atoms with Gasteiger partial charge in [-0.05, 0) is 18.2 Å². The minimum Gasteiger partial charge on any atom is -0.495 e. The molecule has 0 atom stereocenters. The maximum atomic E-state index is 12.1. The molecule has 0 saturated carbocycles. The second-order valence-electron chi connectivity index (χ2n) is 4.16. The van der Waals surface area contributed by atoms with Gasteiger partial charge in [0.25, 0.3) is 0 Å². The van der Waals surface area contributed by atoms with Crippen molar-refractivity contribution in [3.63, 3.8) is 0 Å². The number of halogens is 1. The number of methoxy groups -OCH3 is 1. The zero-order valence-corrected chi connectivity index (χ0v) is 12.3. The first-order valence-corrected chi connectivity index (χ1v) is 7.40. The van der Waals surface area contributed by atoms with E-state index in [0.29, 0.717) is 5.75 Å². The first-order valence-electron chi connectivity index (χ1n) is 5.54. The van der Waals surface area contributed by atoms with Gasteiger partial charge < -0.3 is 20.1 Å². The van der Waals surface area contributed by atoms with Crippen molar-refractivity contribution in [3.05, 3.63) is 23.2 Å². The van der Waals surface area contributed by atoms with E-state index in [9.17, 15) is 8.42 Å². The van der Waals surface area contributed by atoms with E-state index < -0.39 is 35.4 Å². The van der Waals surface area contributed by atoms with Gasteiger partial charge in [0.2, 0.25) is 10.0 Å². The largest absolute Gasteiger partial charge is 0.495 e. The van der Waals surface area contributed by atoms with Gasteiger partial charge in [0, 0.05) is 0 Å². The zero-order chi connectivity index (χ0) is 15.4. The summed E-state index contributed by atoms with van der Waals surface area (Å²) in [4.78, 5) is -0.178. The van der Waals surface area contributed by atoms with Gasteiger partial charge in [-0.3, -0.25) is 0 Å². The van der Waals surface area contributed by atoms with Crippen molar-refractivity contribution < 1.29 is 28.5 Å². The van der Waals surface area contributed by atoms with Crippen LogP contribution in [0.5, 0.6) is 5.75 Å². The maximum Gasteiger partial charge on any atom is 0.241 e. The van der Waals surface area contributed by atoms with Gasteiger partial charge in [0.1, 0.15) is 11.3 Å². The molecule has 20 heavy (non-hydrogen) atoms. The third kappa shape index (κ3) is 3.60. The summed E-state index contributed by atoms with van der Waals surface area (Å²) in [5, 5.41) is 27.5. The second-order valence-corrected chi connectivity index (χ2v) is 6.25. The van der Waals surface area contributed by atoms with Crippen LogP contribution in [0.4, 0.5) is 0 Å². The van der Waals surface area contributed by atoms with Crippen molar-refractivity contribution in [2.75, 3.05) is 26.9 Å². The third-order valence-electron chi connectivity index (χ3n) is 2.69. The maximum absolute atomic E-state index is 12.1. The van der Waals surface area contributed by atoms with Crippen molar-refractivity contribution in [1.29, 1.82) is 0 Å². The van der Waals surface area contributed by atoms with Crippen molar-refractivity contribution in [1.82, 2.24) is 4.72 Å². The minimum atomic E-state index is -4.07. The minimum absolute atomic E-state index is 0.0953. The van der Waals surface area contributed by atoms with E-state index in [2.05, 4.69) is 4.72 Å². The van der Waals surface area contributed by atoms with E-state index in [1.807, 2.05) is 0 Å². The smallest absolute Gasteiger partial charge is 0.241 e. The summed E-state index contributed by atoms with van der Waals surface area (Å²) < 4.78 is 31.2. The summed E-state index contributed by atoms with van der Waals surface area (Å²) in [6.07, 6.45) is 0. The van der Waals surface area contributed by atoms with Gasteiger partial charge in [-0.15, -0.1) is 0 Å². The number of sulfonamides is 1. The number of benzene rings is 1. The van der Waals surface area contributed by atoms with Crippen molar-refractivity contribution >= 4 is 21.6 Å². The summed E-state index contributed by atoms with van der Waals surface area (Å²) >= 11 is 5.84. The Kier molecular flexibility index (Phi) is 5.75. The van der Waals surface area contributed by atoms with Gasteiger partial charge in [0.15, 0.2) is 0 Å². The molecule has 0 amide bonds. The molecule has 0 aromatic heterocycles. The molecule has 4 N–H and O–H groups in total. The summed E-state index contributed by atoms with van der Waals surface area (Å²) in [6.45, 7) is -2.28. The number of rotatable bonds is 7. The molecule has 0 aliphatic heterocycles. The Morgan fingerprint density at radius 1 is 1.25 bits per heavy atom. The van der Waals surface area contributed by atoms with Crippen LogP contribution >= 0.6 is 11.6 Å². The second kappa shape index (κ2) is 6.70. The van der Waals surface area contributed by atoms with Crippen LogP contribution in [0.25, 0.3) is 0 Å². The fourth-order valence-corrected chi connectivity index (χ4v) is 3.13. The molecule has 9 heteroatoms. The molecule has 0 heterocycles. The number of hydrogen-bond donors (Lipinski definition) is 4. The van der Waals surface area contributed by atoms with Gasteiger partial charge in [0.05, 0.1) is 36.8 Å². The van der Waals surface area contributed by atoms with Crippen molar-refractivity contribution in [2.45, 2.75) is 10.4 Å². The molecule has 1 aromatic rings. The summed E-state index contributed by atoms with van der Waals surface area (Å²) in [5.74, 6) is 0.309. The van der Waals surface area contributed by atoms with Crippen LogP contribution in [0.15, 0.2) is 23.1 Å². The lowest BCUT2D eigenvalue weighted by Crippen LogP contribution is -2.56. The zero-order valence-electron chi connectivity index (χ0n) is 10.7. The lowest BCUT2D eigenvalue weighted by Gasteiger charge is -2.28. The highest BCUT2D eigenvalue weighted by molar-refractivity contribution is 7.89. The van der Waals surface area contributed by atoms with E-state index in [1.54, 1.807) is 0 Å². The highest BCUT2D eigenvalue weighted by atomic mass is 35.5. The van der Waals surface area contributed by atoms with Crippen LogP contribution in [0.1, 0.15) is 0 Å². The predicted octanol–water partition coefficient (Wildman–Crippen LogP) is -0.657. The molecule has 7 nitrogen and oxygen atoms in total. The lowest BCUT2D eigenvalue weighted by molar-refractivity contribution is 0.0582. The number of aliphatic hydroxyl groups excluding tert-OH is 3. The normalized spacial score (nSPS) is 12.4. The van der Waals surface area contributed by atoms with Crippen LogP contribution in [-0.4, -0.2) is 56.2 Å². The molecule has 1 aromatic carbocycles. The van der Waals surface area contributed by atoms with Gasteiger partial charge >= 0.3 is 0 Å². The van der Waals surface area contributed by atoms with E-state index >= 15 is 0 Å². The van der Waals surface area contributed by atoms with E-state index in [4.69, 9.17) is 31.7 Å². The molecule has 0 saturated heterocycles. The summed E-state index contributed by atoms with van der Waals surface area (Å²) in [6, 6.07) is 3.79. The quantitative estimate of drug-likeness (QED) is 0.529. The molecule has 0 fully saturated rings. The molecular formula is C11H16ClNO6S. The Labute approximate surface area is 121 Å². The predicted molar refractivity (Wildman–Crippen MR) is 72.3 cm³/mol. The molecule has 0 unspecified atom stereocenters. The Hall–Kier alpha value is -0.900. The Bertz CT molecular complexity index is 550. The molecule has 0 bridgehead atoms. The van der Waals surface area contributed by atoms with Crippen molar-refractivity contribution in [2.24, 2.45) is 0 Å². The highest BCUT2D eigenvalue weighted by Gasteiger charge is 2.34. The lowest BCUT2D eigenvalue weighted by atomic mass is 10.1. The summed E-state index contributed by atoms with van der Waals surface area (Å²) in [7, 11) is -2.68. The van der Waals surface area contributed by atoms with Crippen LogP contribution in [0.3, 0.4) is 0 Å². The van der Waals surface area contributed by atoms with Gasteiger partial charge in [-0.1, -0.05) is 11.6 Å². The third-order valence-corrected chi connectivity index (χ3v) is 4.56. The molecule has 0 aliphatic rings. The van der Waals surface area contributed by atoms with Crippen LogP contribution in [-0.2, 0) is 10.0 Å². The summed E-state index contributed by atoms with van der Waals surface area (Å²) in [5.41, 5.74) is -1.74. The van der Waals surface area contributed by atoms with Gasteiger partial charge in [-0.25, -0.2) is 8.42 Å². The first kappa shape index (κ1) is 17.2. The SMILES string of the molecule is COc1ccc(S(=O)(=O)NC(CO)(CO)CO)cc1Cl. The standard InChI is InChI=1S/C11H16ClNO6S/c1-19-10-3-2-8(4-9(10)12)20(17,18)13-11(5-14,6-15)7-16/h2-4,13-16H,5-7H2,1H3. The molecule has 0 aliphatic carbocycles. The molecule has 114 valence electrons. The van der Waals surface area contributed by atoms with Gasteiger partial charge in [-0.2, -0.15) is 4.72 Å². The number of nitrogens with one attached hydrogen (secondary N) is 1. The molecule has 1 rings (SSSR count). The number of hydrogen-bond acceptors (Lipinski definition) is 6. The Morgan fingerprint density at radius 3 is 2.20 bits per heavy atom. The van der Waals surface area contributed by atoms with E-state index in [-0.39, 0.29) is 9.92 Å². The topological polar surface area (TPSA) is 116 Å². The molecular weight excluding hydrogens is 310 g/mol. The van der Waals surface area contributed by atoms with Crippen LogP contribution in [0, 0.1) is 0 Å². The van der Waals surface area contributed by atoms with Crippen molar-refractivity contribution in [3.8, 4) is 5.75 Å². The van der Waals surface area contributed by atoms with E-state index in [0.717, 1.165) is 0 Å².